The van der Waals surface area contributed by atoms with Gasteiger partial charge in [-0.3, -0.25) is 4.79 Å². The zero-order valence-electron chi connectivity index (χ0n) is 13.0. The summed E-state index contributed by atoms with van der Waals surface area (Å²) >= 11 is 1.61. The molecule has 1 amide bonds. The van der Waals surface area contributed by atoms with Gasteiger partial charge < -0.3 is 10.6 Å². The number of benzene rings is 1. The van der Waals surface area contributed by atoms with E-state index >= 15 is 0 Å². The van der Waals surface area contributed by atoms with Gasteiger partial charge in [0, 0.05) is 28.9 Å². The standard InChI is InChI=1S/C18H21N3OS/c22-17(16-11-12-4-1-2-7-15(12)21-16)20-14-6-3-5-13(10-14)18-19-8-9-23-18/h3,5-6,8-10,12,15-16,21H,1-2,4,7,11H2,(H,20,22). The van der Waals surface area contributed by atoms with E-state index in [4.69, 9.17) is 0 Å². The van der Waals surface area contributed by atoms with Crippen molar-refractivity contribution in [3.05, 3.63) is 35.8 Å². The summed E-state index contributed by atoms with van der Waals surface area (Å²) in [4.78, 5) is 16.9. The molecule has 120 valence electrons. The molecule has 23 heavy (non-hydrogen) atoms. The average Bonchev–Trinajstić information content (AvgIpc) is 3.24. The fourth-order valence-electron chi connectivity index (χ4n) is 3.85. The van der Waals surface area contributed by atoms with E-state index in [-0.39, 0.29) is 11.9 Å². The lowest BCUT2D eigenvalue weighted by Crippen LogP contribution is -2.39. The quantitative estimate of drug-likeness (QED) is 0.904. The number of nitrogens with zero attached hydrogens (tertiary/aromatic N) is 1. The molecule has 3 unspecified atom stereocenters. The average molecular weight is 327 g/mol. The zero-order valence-corrected chi connectivity index (χ0v) is 13.8. The molecule has 4 rings (SSSR count). The van der Waals surface area contributed by atoms with Crippen molar-refractivity contribution in [2.75, 3.05) is 5.32 Å². The van der Waals surface area contributed by atoms with Crippen LogP contribution in [0.25, 0.3) is 10.6 Å². The molecule has 2 N–H and O–H groups in total. The minimum atomic E-state index is -0.0494. The van der Waals surface area contributed by atoms with E-state index in [0.29, 0.717) is 12.0 Å². The molecule has 2 heterocycles. The van der Waals surface area contributed by atoms with Gasteiger partial charge in [0.1, 0.15) is 5.01 Å². The smallest absolute Gasteiger partial charge is 0.241 e. The predicted molar refractivity (Wildman–Crippen MR) is 93.5 cm³/mol. The molecule has 0 spiro atoms. The largest absolute Gasteiger partial charge is 0.325 e. The predicted octanol–water partition coefficient (Wildman–Crippen LogP) is 3.67. The number of thiazole rings is 1. The maximum atomic E-state index is 12.6. The van der Waals surface area contributed by atoms with Gasteiger partial charge in [0.25, 0.3) is 0 Å². The van der Waals surface area contributed by atoms with Crippen LogP contribution in [-0.2, 0) is 4.79 Å². The summed E-state index contributed by atoms with van der Waals surface area (Å²) in [5, 5.41) is 9.55. The van der Waals surface area contributed by atoms with Crippen molar-refractivity contribution in [2.45, 2.75) is 44.2 Å². The fraction of sp³-hybridized carbons (Fsp3) is 0.444. The Kier molecular flexibility index (Phi) is 4.14. The van der Waals surface area contributed by atoms with E-state index in [9.17, 15) is 4.79 Å². The minimum Gasteiger partial charge on any atom is -0.325 e. The molecule has 1 aliphatic heterocycles. The fourth-order valence-corrected chi connectivity index (χ4v) is 4.48. The first kappa shape index (κ1) is 14.8. The molecule has 1 aromatic carbocycles. The van der Waals surface area contributed by atoms with Crippen LogP contribution in [0.3, 0.4) is 0 Å². The van der Waals surface area contributed by atoms with Gasteiger partial charge in [-0.05, 0) is 37.3 Å². The van der Waals surface area contributed by atoms with Crippen LogP contribution in [0.4, 0.5) is 5.69 Å². The molecule has 1 saturated heterocycles. The number of fused-ring (bicyclic) bond motifs is 1. The molecule has 2 fully saturated rings. The van der Waals surface area contributed by atoms with Crippen LogP contribution in [0.15, 0.2) is 35.8 Å². The van der Waals surface area contributed by atoms with Gasteiger partial charge in [0.05, 0.1) is 6.04 Å². The number of nitrogens with one attached hydrogen (secondary N) is 2. The monoisotopic (exact) mass is 327 g/mol. The van der Waals surface area contributed by atoms with Gasteiger partial charge in [0.15, 0.2) is 0 Å². The van der Waals surface area contributed by atoms with Gasteiger partial charge in [-0.15, -0.1) is 11.3 Å². The summed E-state index contributed by atoms with van der Waals surface area (Å²) in [7, 11) is 0. The molecule has 5 heteroatoms. The van der Waals surface area contributed by atoms with Crippen molar-refractivity contribution in [1.29, 1.82) is 0 Å². The number of anilines is 1. The van der Waals surface area contributed by atoms with Crippen molar-refractivity contribution in [3.63, 3.8) is 0 Å². The maximum Gasteiger partial charge on any atom is 0.241 e. The molecular weight excluding hydrogens is 306 g/mol. The van der Waals surface area contributed by atoms with Crippen LogP contribution < -0.4 is 10.6 Å². The summed E-state index contributed by atoms with van der Waals surface area (Å²) in [5.41, 5.74) is 1.89. The molecule has 4 nitrogen and oxygen atoms in total. The molecular formula is C18H21N3OS. The maximum absolute atomic E-state index is 12.6. The second-order valence-corrected chi connectivity index (χ2v) is 7.41. The summed E-state index contributed by atoms with van der Waals surface area (Å²) in [6, 6.07) is 8.42. The first-order chi connectivity index (χ1) is 11.3. The third kappa shape index (κ3) is 3.16. The topological polar surface area (TPSA) is 54.0 Å². The van der Waals surface area contributed by atoms with E-state index in [0.717, 1.165) is 22.7 Å². The Balaban J connectivity index is 1.44. The number of amides is 1. The van der Waals surface area contributed by atoms with E-state index in [1.165, 1.54) is 25.7 Å². The molecule has 2 aromatic rings. The number of carbonyl (C=O) groups excluding carboxylic acids is 1. The lowest BCUT2D eigenvalue weighted by molar-refractivity contribution is -0.117. The van der Waals surface area contributed by atoms with Crippen LogP contribution in [0.2, 0.25) is 0 Å². The Labute approximate surface area is 140 Å². The van der Waals surface area contributed by atoms with Crippen molar-refractivity contribution >= 4 is 22.9 Å². The van der Waals surface area contributed by atoms with Gasteiger partial charge in [0.2, 0.25) is 5.91 Å². The molecule has 0 bridgehead atoms. The molecule has 3 atom stereocenters. The Morgan fingerprint density at radius 3 is 3.04 bits per heavy atom. The highest BCUT2D eigenvalue weighted by Crippen LogP contribution is 2.33. The molecule has 1 aromatic heterocycles. The van der Waals surface area contributed by atoms with Crippen molar-refractivity contribution in [3.8, 4) is 10.6 Å². The molecule has 1 aliphatic carbocycles. The Hall–Kier alpha value is -1.72. The van der Waals surface area contributed by atoms with Crippen LogP contribution in [0, 0.1) is 5.92 Å². The first-order valence-electron chi connectivity index (χ1n) is 8.36. The van der Waals surface area contributed by atoms with E-state index < -0.39 is 0 Å². The second-order valence-electron chi connectivity index (χ2n) is 6.51. The number of carbonyl (C=O) groups is 1. The lowest BCUT2D eigenvalue weighted by Gasteiger charge is -2.24. The number of aromatic nitrogens is 1. The highest BCUT2D eigenvalue weighted by atomic mass is 32.1. The van der Waals surface area contributed by atoms with Crippen molar-refractivity contribution in [2.24, 2.45) is 5.92 Å². The molecule has 1 saturated carbocycles. The summed E-state index contributed by atoms with van der Waals surface area (Å²) in [5.74, 6) is 0.775. The third-order valence-corrected chi connectivity index (χ3v) is 5.81. The van der Waals surface area contributed by atoms with Gasteiger partial charge in [-0.2, -0.15) is 0 Å². The Bertz CT molecular complexity index is 671. The van der Waals surface area contributed by atoms with Crippen molar-refractivity contribution < 1.29 is 4.79 Å². The summed E-state index contributed by atoms with van der Waals surface area (Å²) in [6.07, 6.45) is 7.86. The first-order valence-corrected chi connectivity index (χ1v) is 9.24. The van der Waals surface area contributed by atoms with Gasteiger partial charge >= 0.3 is 0 Å². The van der Waals surface area contributed by atoms with Crippen LogP contribution in [0.1, 0.15) is 32.1 Å². The highest BCUT2D eigenvalue weighted by Gasteiger charge is 2.38. The molecule has 0 radical (unpaired) electrons. The summed E-state index contributed by atoms with van der Waals surface area (Å²) in [6.45, 7) is 0. The third-order valence-electron chi connectivity index (χ3n) is 4.99. The normalized spacial score (nSPS) is 26.7. The Morgan fingerprint density at radius 1 is 1.30 bits per heavy atom. The second kappa shape index (κ2) is 6.42. The lowest BCUT2D eigenvalue weighted by atomic mass is 9.85. The SMILES string of the molecule is O=C(Nc1cccc(-c2nccs2)c1)C1CC2CCCCC2N1. The minimum absolute atomic E-state index is 0.0494. The zero-order chi connectivity index (χ0) is 15.6. The summed E-state index contributed by atoms with van der Waals surface area (Å²) < 4.78 is 0. The number of hydrogen-bond donors (Lipinski definition) is 2. The highest BCUT2D eigenvalue weighted by molar-refractivity contribution is 7.13. The van der Waals surface area contributed by atoms with Crippen LogP contribution in [-0.4, -0.2) is 23.0 Å². The van der Waals surface area contributed by atoms with Crippen LogP contribution in [0.5, 0.6) is 0 Å². The van der Waals surface area contributed by atoms with Crippen LogP contribution >= 0.6 is 11.3 Å². The van der Waals surface area contributed by atoms with Gasteiger partial charge in [-0.25, -0.2) is 4.98 Å². The Morgan fingerprint density at radius 2 is 2.22 bits per heavy atom. The van der Waals surface area contributed by atoms with Gasteiger partial charge in [-0.1, -0.05) is 25.0 Å². The molecule has 2 aliphatic rings. The van der Waals surface area contributed by atoms with E-state index in [1.807, 2.05) is 29.6 Å². The van der Waals surface area contributed by atoms with E-state index in [2.05, 4.69) is 15.6 Å². The van der Waals surface area contributed by atoms with Crippen molar-refractivity contribution in [1.82, 2.24) is 10.3 Å². The van der Waals surface area contributed by atoms with E-state index in [1.54, 1.807) is 17.5 Å². The number of hydrogen-bond acceptors (Lipinski definition) is 4. The number of rotatable bonds is 3.